The van der Waals surface area contributed by atoms with Crippen LogP contribution in [0, 0.1) is 13.8 Å². The van der Waals surface area contributed by atoms with Crippen LogP contribution in [0.15, 0.2) is 42.5 Å². The SMILES string of the molecule is CCC1(CC)CC(NC(=O)CN(c2cc(C)cc(C)c2)S(C)(=O)=O)c2ccccc2O1. The van der Waals surface area contributed by atoms with E-state index in [9.17, 15) is 13.2 Å². The van der Waals surface area contributed by atoms with Gasteiger partial charge in [-0.15, -0.1) is 0 Å². The number of hydrogen-bond acceptors (Lipinski definition) is 4. The zero-order valence-corrected chi connectivity index (χ0v) is 19.8. The zero-order valence-electron chi connectivity index (χ0n) is 18.9. The minimum Gasteiger partial charge on any atom is -0.487 e. The van der Waals surface area contributed by atoms with Crippen molar-refractivity contribution in [3.05, 3.63) is 59.2 Å². The average Bonchev–Trinajstić information content (AvgIpc) is 2.70. The molecule has 1 unspecified atom stereocenters. The highest BCUT2D eigenvalue weighted by Crippen LogP contribution is 2.42. The number of ether oxygens (including phenoxy) is 1. The Morgan fingerprint density at radius 3 is 2.32 bits per heavy atom. The fourth-order valence-electron chi connectivity index (χ4n) is 4.30. The van der Waals surface area contributed by atoms with Crippen LogP contribution >= 0.6 is 0 Å². The van der Waals surface area contributed by atoms with Gasteiger partial charge in [-0.25, -0.2) is 8.42 Å². The number of nitrogens with one attached hydrogen (secondary N) is 1. The molecule has 0 aromatic heterocycles. The lowest BCUT2D eigenvalue weighted by Gasteiger charge is -2.41. The van der Waals surface area contributed by atoms with Gasteiger partial charge in [0.2, 0.25) is 15.9 Å². The highest BCUT2D eigenvalue weighted by Gasteiger charge is 2.39. The molecule has 3 rings (SSSR count). The lowest BCUT2D eigenvalue weighted by molar-refractivity contribution is -0.121. The van der Waals surface area contributed by atoms with Gasteiger partial charge in [0.1, 0.15) is 17.9 Å². The van der Waals surface area contributed by atoms with Gasteiger partial charge in [-0.05, 0) is 56.0 Å². The number of rotatable bonds is 7. The van der Waals surface area contributed by atoms with Gasteiger partial charge >= 0.3 is 0 Å². The third kappa shape index (κ3) is 5.21. The largest absolute Gasteiger partial charge is 0.487 e. The van der Waals surface area contributed by atoms with E-state index >= 15 is 0 Å². The molecule has 1 amide bonds. The summed E-state index contributed by atoms with van der Waals surface area (Å²) in [5.74, 6) is 0.435. The third-order valence-electron chi connectivity index (χ3n) is 6.00. The van der Waals surface area contributed by atoms with Gasteiger partial charge < -0.3 is 10.1 Å². The van der Waals surface area contributed by atoms with Crippen LogP contribution in [-0.2, 0) is 14.8 Å². The number of hydrogen-bond donors (Lipinski definition) is 1. The molecular weight excluding hydrogens is 412 g/mol. The third-order valence-corrected chi connectivity index (χ3v) is 7.14. The maximum atomic E-state index is 13.1. The van der Waals surface area contributed by atoms with Crippen molar-refractivity contribution in [3.8, 4) is 5.75 Å². The Labute approximate surface area is 185 Å². The normalized spacial score (nSPS) is 17.4. The Morgan fingerprint density at radius 1 is 1.13 bits per heavy atom. The minimum atomic E-state index is -3.63. The molecule has 1 heterocycles. The molecule has 2 aromatic carbocycles. The monoisotopic (exact) mass is 444 g/mol. The summed E-state index contributed by atoms with van der Waals surface area (Å²) in [6, 6.07) is 13.0. The van der Waals surface area contributed by atoms with E-state index < -0.39 is 10.0 Å². The van der Waals surface area contributed by atoms with Crippen molar-refractivity contribution in [3.63, 3.8) is 0 Å². The Morgan fingerprint density at radius 2 is 1.74 bits per heavy atom. The molecule has 0 fully saturated rings. The number of benzene rings is 2. The number of fused-ring (bicyclic) bond motifs is 1. The molecule has 7 heteroatoms. The second-order valence-corrected chi connectivity index (χ2v) is 10.4. The van der Waals surface area contributed by atoms with Gasteiger partial charge in [0.15, 0.2) is 0 Å². The van der Waals surface area contributed by atoms with Crippen LogP contribution in [-0.4, -0.2) is 32.7 Å². The standard InChI is InChI=1S/C24H32N2O4S/c1-6-24(7-2)15-21(20-10-8-9-11-22(20)30-24)25-23(27)16-26(31(5,28)29)19-13-17(3)12-18(4)14-19/h8-14,21H,6-7,15-16H2,1-5H3,(H,25,27). The number of aryl methyl sites for hydroxylation is 2. The summed E-state index contributed by atoms with van der Waals surface area (Å²) in [5.41, 5.74) is 2.96. The number of para-hydroxylation sites is 1. The number of carbonyl (C=O) groups is 1. The van der Waals surface area contributed by atoms with E-state index in [0.29, 0.717) is 12.1 Å². The highest BCUT2D eigenvalue weighted by molar-refractivity contribution is 7.92. The quantitative estimate of drug-likeness (QED) is 0.692. The Bertz CT molecular complexity index is 1040. The molecule has 1 aliphatic heterocycles. The summed E-state index contributed by atoms with van der Waals surface area (Å²) >= 11 is 0. The molecular formula is C24H32N2O4S. The molecule has 1 aliphatic rings. The lowest BCUT2D eigenvalue weighted by atomic mass is 9.83. The second-order valence-electron chi connectivity index (χ2n) is 8.47. The molecule has 6 nitrogen and oxygen atoms in total. The fraction of sp³-hybridized carbons (Fsp3) is 0.458. The summed E-state index contributed by atoms with van der Waals surface area (Å²) in [4.78, 5) is 13.1. The van der Waals surface area contributed by atoms with Gasteiger partial charge in [0, 0.05) is 12.0 Å². The van der Waals surface area contributed by atoms with Crippen molar-refractivity contribution in [2.75, 3.05) is 17.1 Å². The Hall–Kier alpha value is -2.54. The topological polar surface area (TPSA) is 75.7 Å². The molecule has 0 saturated heterocycles. The van der Waals surface area contributed by atoms with Crippen LogP contribution in [0.3, 0.4) is 0 Å². The molecule has 0 radical (unpaired) electrons. The van der Waals surface area contributed by atoms with E-state index in [-0.39, 0.29) is 24.1 Å². The highest BCUT2D eigenvalue weighted by atomic mass is 32.2. The lowest BCUT2D eigenvalue weighted by Crippen LogP contribution is -2.47. The van der Waals surface area contributed by atoms with Crippen molar-refractivity contribution in [2.45, 2.75) is 58.6 Å². The van der Waals surface area contributed by atoms with Crippen molar-refractivity contribution < 1.29 is 17.9 Å². The molecule has 0 saturated carbocycles. The van der Waals surface area contributed by atoms with Gasteiger partial charge in [-0.3, -0.25) is 9.10 Å². The predicted molar refractivity (Wildman–Crippen MR) is 124 cm³/mol. The Kier molecular flexibility index (Phi) is 6.65. The van der Waals surface area contributed by atoms with Crippen LogP contribution in [0.4, 0.5) is 5.69 Å². The second kappa shape index (κ2) is 8.91. The first-order valence-electron chi connectivity index (χ1n) is 10.7. The summed E-state index contributed by atoms with van der Waals surface area (Å²) in [6.45, 7) is 7.71. The van der Waals surface area contributed by atoms with Gasteiger partial charge in [-0.1, -0.05) is 38.1 Å². The molecule has 1 atom stereocenters. The van der Waals surface area contributed by atoms with E-state index in [4.69, 9.17) is 4.74 Å². The molecule has 0 spiro atoms. The molecule has 0 bridgehead atoms. The smallest absolute Gasteiger partial charge is 0.241 e. The number of nitrogens with zero attached hydrogens (tertiary/aromatic N) is 1. The summed E-state index contributed by atoms with van der Waals surface area (Å²) in [5, 5.41) is 3.07. The maximum absolute atomic E-state index is 13.1. The van der Waals surface area contributed by atoms with Crippen LogP contribution in [0.1, 0.15) is 55.8 Å². The zero-order chi connectivity index (χ0) is 22.8. The summed E-state index contributed by atoms with van der Waals surface area (Å²) in [7, 11) is -3.63. The first kappa shape index (κ1) is 23.1. The number of amides is 1. The van der Waals surface area contributed by atoms with E-state index in [1.165, 1.54) is 4.31 Å². The van der Waals surface area contributed by atoms with Crippen LogP contribution < -0.4 is 14.4 Å². The van der Waals surface area contributed by atoms with Gasteiger partial charge in [0.05, 0.1) is 18.0 Å². The first-order chi connectivity index (χ1) is 14.6. The number of carbonyl (C=O) groups excluding carboxylic acids is 1. The van der Waals surface area contributed by atoms with Crippen LogP contribution in [0.2, 0.25) is 0 Å². The van der Waals surface area contributed by atoms with Crippen molar-refractivity contribution in [2.24, 2.45) is 0 Å². The number of anilines is 1. The molecule has 31 heavy (non-hydrogen) atoms. The van der Waals surface area contributed by atoms with Gasteiger partial charge in [0.25, 0.3) is 0 Å². The van der Waals surface area contributed by atoms with Crippen LogP contribution in [0.25, 0.3) is 0 Å². The fourth-order valence-corrected chi connectivity index (χ4v) is 5.14. The molecule has 1 N–H and O–H groups in total. The van der Waals surface area contributed by atoms with Crippen molar-refractivity contribution in [1.82, 2.24) is 5.32 Å². The van der Waals surface area contributed by atoms with Crippen molar-refractivity contribution >= 4 is 21.6 Å². The minimum absolute atomic E-state index is 0.238. The first-order valence-corrected chi connectivity index (χ1v) is 12.5. The molecule has 0 aliphatic carbocycles. The van der Waals surface area contributed by atoms with Gasteiger partial charge in [-0.2, -0.15) is 0 Å². The average molecular weight is 445 g/mol. The Balaban J connectivity index is 1.87. The summed E-state index contributed by atoms with van der Waals surface area (Å²) in [6.07, 6.45) is 3.41. The van der Waals surface area contributed by atoms with Crippen molar-refractivity contribution in [1.29, 1.82) is 0 Å². The van der Waals surface area contributed by atoms with E-state index in [1.54, 1.807) is 12.1 Å². The molecule has 2 aromatic rings. The molecule has 168 valence electrons. The number of sulfonamides is 1. The van der Waals surface area contributed by atoms with Crippen LogP contribution in [0.5, 0.6) is 5.75 Å². The van der Waals surface area contributed by atoms with E-state index in [2.05, 4.69) is 19.2 Å². The van der Waals surface area contributed by atoms with E-state index in [1.807, 2.05) is 44.2 Å². The predicted octanol–water partition coefficient (Wildman–Crippen LogP) is 4.27. The summed E-state index contributed by atoms with van der Waals surface area (Å²) < 4.78 is 32.5. The van der Waals surface area contributed by atoms with E-state index in [0.717, 1.165) is 41.5 Å². The maximum Gasteiger partial charge on any atom is 0.241 e.